The van der Waals surface area contributed by atoms with Crippen molar-refractivity contribution in [2.24, 2.45) is 0 Å². The van der Waals surface area contributed by atoms with Crippen LogP contribution in [0, 0.1) is 0 Å². The Bertz CT molecular complexity index is 585. The van der Waals surface area contributed by atoms with Crippen molar-refractivity contribution in [3.63, 3.8) is 0 Å². The molecular formula is C15H22F2N2O3S. The van der Waals surface area contributed by atoms with Crippen LogP contribution in [0.3, 0.4) is 0 Å². The molecule has 130 valence electrons. The standard InChI is InChI=1S/C15H22F2N2O3S/c1-23(20,21)19-10-7-13(8-11-19)18-9-6-12-2-4-14(5-3-12)22-15(16)17/h2-5,13,15,18H,6-11H2,1H3. The first-order valence-electron chi connectivity index (χ1n) is 7.57. The molecule has 1 fully saturated rings. The van der Waals surface area contributed by atoms with E-state index >= 15 is 0 Å². The molecule has 0 aliphatic carbocycles. The van der Waals surface area contributed by atoms with Crippen molar-refractivity contribution < 1.29 is 21.9 Å². The molecule has 1 heterocycles. The van der Waals surface area contributed by atoms with Crippen molar-refractivity contribution in [3.05, 3.63) is 29.8 Å². The van der Waals surface area contributed by atoms with Gasteiger partial charge in [0.2, 0.25) is 10.0 Å². The van der Waals surface area contributed by atoms with Gasteiger partial charge in [0.05, 0.1) is 6.26 Å². The van der Waals surface area contributed by atoms with Gasteiger partial charge in [0.25, 0.3) is 0 Å². The lowest BCUT2D eigenvalue weighted by atomic mass is 10.1. The Morgan fingerprint density at radius 3 is 2.39 bits per heavy atom. The quantitative estimate of drug-likeness (QED) is 0.817. The van der Waals surface area contributed by atoms with Gasteiger partial charge in [0.15, 0.2) is 0 Å². The van der Waals surface area contributed by atoms with E-state index in [1.807, 2.05) is 0 Å². The monoisotopic (exact) mass is 348 g/mol. The van der Waals surface area contributed by atoms with Gasteiger partial charge in [-0.1, -0.05) is 12.1 Å². The molecule has 0 bridgehead atoms. The minimum Gasteiger partial charge on any atom is -0.435 e. The summed E-state index contributed by atoms with van der Waals surface area (Å²) >= 11 is 0. The maximum absolute atomic E-state index is 12.1. The van der Waals surface area contributed by atoms with Gasteiger partial charge in [-0.3, -0.25) is 0 Å². The molecule has 0 amide bonds. The Morgan fingerprint density at radius 1 is 1.26 bits per heavy atom. The van der Waals surface area contributed by atoms with Gasteiger partial charge in [-0.2, -0.15) is 8.78 Å². The predicted molar refractivity (Wildman–Crippen MR) is 84.2 cm³/mol. The van der Waals surface area contributed by atoms with Crippen molar-refractivity contribution in [1.82, 2.24) is 9.62 Å². The number of hydrogen-bond acceptors (Lipinski definition) is 4. The summed E-state index contributed by atoms with van der Waals surface area (Å²) in [5.41, 5.74) is 1.03. The summed E-state index contributed by atoms with van der Waals surface area (Å²) in [5.74, 6) is 0.157. The lowest BCUT2D eigenvalue weighted by molar-refractivity contribution is -0.0498. The average Bonchev–Trinajstić information content (AvgIpc) is 2.48. The maximum atomic E-state index is 12.1. The number of rotatable bonds is 7. The third-order valence-corrected chi connectivity index (χ3v) is 5.22. The van der Waals surface area contributed by atoms with E-state index in [1.165, 1.54) is 22.7 Å². The zero-order valence-corrected chi connectivity index (χ0v) is 13.9. The molecule has 2 rings (SSSR count). The molecule has 1 aromatic rings. The number of ether oxygens (including phenoxy) is 1. The lowest BCUT2D eigenvalue weighted by Crippen LogP contribution is -2.44. The summed E-state index contributed by atoms with van der Waals surface area (Å²) < 4.78 is 52.8. The zero-order chi connectivity index (χ0) is 16.9. The normalized spacial score (nSPS) is 17.6. The minimum atomic E-state index is -3.09. The molecule has 23 heavy (non-hydrogen) atoms. The van der Waals surface area contributed by atoms with Gasteiger partial charge < -0.3 is 10.1 Å². The van der Waals surface area contributed by atoms with Gasteiger partial charge in [0, 0.05) is 19.1 Å². The van der Waals surface area contributed by atoms with Crippen molar-refractivity contribution in [1.29, 1.82) is 0 Å². The Morgan fingerprint density at radius 2 is 1.87 bits per heavy atom. The van der Waals surface area contributed by atoms with Crippen LogP contribution in [-0.2, 0) is 16.4 Å². The summed E-state index contributed by atoms with van der Waals surface area (Å²) in [5, 5.41) is 3.42. The van der Waals surface area contributed by atoms with Crippen LogP contribution in [0.4, 0.5) is 8.78 Å². The van der Waals surface area contributed by atoms with Crippen LogP contribution in [-0.4, -0.2) is 51.3 Å². The molecular weight excluding hydrogens is 326 g/mol. The number of alkyl halides is 2. The van der Waals surface area contributed by atoms with Crippen LogP contribution >= 0.6 is 0 Å². The summed E-state index contributed by atoms with van der Waals surface area (Å²) in [4.78, 5) is 0. The number of nitrogens with one attached hydrogen (secondary N) is 1. The number of halogens is 2. The summed E-state index contributed by atoms with van der Waals surface area (Å²) in [7, 11) is -3.09. The van der Waals surface area contributed by atoms with E-state index in [4.69, 9.17) is 0 Å². The molecule has 1 aliphatic rings. The molecule has 1 aliphatic heterocycles. The second kappa shape index (κ2) is 8.03. The SMILES string of the molecule is CS(=O)(=O)N1CCC(NCCc2ccc(OC(F)F)cc2)CC1. The Balaban J connectivity index is 1.70. The zero-order valence-electron chi connectivity index (χ0n) is 13.0. The highest BCUT2D eigenvalue weighted by molar-refractivity contribution is 7.88. The second-order valence-electron chi connectivity index (χ2n) is 5.66. The summed E-state index contributed by atoms with van der Waals surface area (Å²) in [6, 6.07) is 6.92. The number of nitrogens with zero attached hydrogens (tertiary/aromatic N) is 1. The molecule has 1 saturated heterocycles. The molecule has 5 nitrogen and oxygen atoms in total. The number of hydrogen-bond donors (Lipinski definition) is 1. The highest BCUT2D eigenvalue weighted by Crippen LogP contribution is 2.16. The fourth-order valence-corrected chi connectivity index (χ4v) is 3.52. The van der Waals surface area contributed by atoms with Crippen LogP contribution in [0.1, 0.15) is 18.4 Å². The maximum Gasteiger partial charge on any atom is 0.387 e. The van der Waals surface area contributed by atoms with Crippen molar-refractivity contribution >= 4 is 10.0 Å². The van der Waals surface area contributed by atoms with Crippen LogP contribution in [0.25, 0.3) is 0 Å². The van der Waals surface area contributed by atoms with E-state index in [-0.39, 0.29) is 5.75 Å². The third-order valence-electron chi connectivity index (χ3n) is 3.92. The van der Waals surface area contributed by atoms with E-state index in [1.54, 1.807) is 12.1 Å². The van der Waals surface area contributed by atoms with Crippen LogP contribution in [0.5, 0.6) is 5.75 Å². The van der Waals surface area contributed by atoms with Gasteiger partial charge in [-0.15, -0.1) is 0 Å². The van der Waals surface area contributed by atoms with Crippen LogP contribution in [0.2, 0.25) is 0 Å². The van der Waals surface area contributed by atoms with Crippen molar-refractivity contribution in [2.75, 3.05) is 25.9 Å². The second-order valence-corrected chi connectivity index (χ2v) is 7.65. The Kier molecular flexibility index (Phi) is 6.32. The Hall–Kier alpha value is -1.25. The molecule has 0 atom stereocenters. The molecule has 1 aromatic carbocycles. The number of piperidine rings is 1. The van der Waals surface area contributed by atoms with Gasteiger partial charge >= 0.3 is 6.61 Å². The Labute approximate surface area is 135 Å². The van der Waals surface area contributed by atoms with Gasteiger partial charge in [0.1, 0.15) is 5.75 Å². The largest absolute Gasteiger partial charge is 0.435 e. The van der Waals surface area contributed by atoms with Crippen LogP contribution in [0.15, 0.2) is 24.3 Å². The predicted octanol–water partition coefficient (Wildman–Crippen LogP) is 1.84. The van der Waals surface area contributed by atoms with Crippen molar-refractivity contribution in [2.45, 2.75) is 31.9 Å². The first kappa shape index (κ1) is 18.1. The molecule has 8 heteroatoms. The van der Waals surface area contributed by atoms with Crippen LogP contribution < -0.4 is 10.1 Å². The summed E-state index contributed by atoms with van der Waals surface area (Å²) in [6.07, 6.45) is 3.62. The molecule has 0 unspecified atom stereocenters. The summed E-state index contributed by atoms with van der Waals surface area (Å²) in [6.45, 7) is -0.939. The fourth-order valence-electron chi connectivity index (χ4n) is 2.65. The lowest BCUT2D eigenvalue weighted by Gasteiger charge is -2.30. The molecule has 0 saturated carbocycles. The van der Waals surface area contributed by atoms with E-state index in [2.05, 4.69) is 10.1 Å². The van der Waals surface area contributed by atoms with E-state index in [0.29, 0.717) is 19.1 Å². The molecule has 0 radical (unpaired) electrons. The van der Waals surface area contributed by atoms with E-state index < -0.39 is 16.6 Å². The molecule has 1 N–H and O–H groups in total. The topological polar surface area (TPSA) is 58.6 Å². The highest BCUT2D eigenvalue weighted by atomic mass is 32.2. The van der Waals surface area contributed by atoms with E-state index in [9.17, 15) is 17.2 Å². The van der Waals surface area contributed by atoms with Gasteiger partial charge in [-0.05, 0) is 43.5 Å². The first-order chi connectivity index (χ1) is 10.8. The average molecular weight is 348 g/mol. The first-order valence-corrected chi connectivity index (χ1v) is 9.41. The smallest absolute Gasteiger partial charge is 0.387 e. The molecule has 0 spiro atoms. The minimum absolute atomic E-state index is 0.157. The van der Waals surface area contributed by atoms with E-state index in [0.717, 1.165) is 31.4 Å². The number of sulfonamides is 1. The highest BCUT2D eigenvalue weighted by Gasteiger charge is 2.24. The van der Waals surface area contributed by atoms with Gasteiger partial charge in [-0.25, -0.2) is 12.7 Å². The van der Waals surface area contributed by atoms with Crippen molar-refractivity contribution in [3.8, 4) is 5.75 Å². The molecule has 0 aromatic heterocycles. The fraction of sp³-hybridized carbons (Fsp3) is 0.600. The third kappa shape index (κ3) is 6.04. The number of benzene rings is 1.